The molecule has 5 nitrogen and oxygen atoms in total. The first kappa shape index (κ1) is 16.3. The van der Waals surface area contributed by atoms with Gasteiger partial charge < -0.3 is 5.11 Å². The van der Waals surface area contributed by atoms with E-state index >= 15 is 0 Å². The summed E-state index contributed by atoms with van der Waals surface area (Å²) in [4.78, 5) is 37.4. The molecule has 0 bridgehead atoms. The third-order valence-corrected chi connectivity index (χ3v) is 6.39. The predicted octanol–water partition coefficient (Wildman–Crippen LogP) is 3.20. The highest BCUT2D eigenvalue weighted by Gasteiger charge is 2.46. The lowest BCUT2D eigenvalue weighted by Gasteiger charge is -2.41. The number of hydrogen-bond donors (Lipinski definition) is 1. The van der Waals surface area contributed by atoms with Crippen LogP contribution in [0.25, 0.3) is 0 Å². The summed E-state index contributed by atoms with van der Waals surface area (Å²) in [6, 6.07) is 1.44. The fraction of sp³-hybridized carbons (Fsp3) is 0.550. The first-order valence-corrected chi connectivity index (χ1v) is 9.19. The summed E-state index contributed by atoms with van der Waals surface area (Å²) >= 11 is 0. The molecule has 3 aliphatic rings. The van der Waals surface area contributed by atoms with Crippen molar-refractivity contribution in [2.24, 2.45) is 29.6 Å². The molecule has 1 fully saturated rings. The third-order valence-electron chi connectivity index (χ3n) is 6.39. The van der Waals surface area contributed by atoms with Crippen LogP contribution in [0.4, 0.5) is 0 Å². The SMILES string of the molecule is C[C@H]1C=CC2CCCC[C@@H]2[C@H]1C(=O)[C@H]1Cc2c(C(=O)O)ccn2C1=O. The van der Waals surface area contributed by atoms with Gasteiger partial charge in [0.2, 0.25) is 5.91 Å². The largest absolute Gasteiger partial charge is 0.478 e. The van der Waals surface area contributed by atoms with Crippen molar-refractivity contribution in [2.45, 2.75) is 39.0 Å². The van der Waals surface area contributed by atoms with Crippen LogP contribution < -0.4 is 0 Å². The highest BCUT2D eigenvalue weighted by molar-refractivity contribution is 6.07. The highest BCUT2D eigenvalue weighted by atomic mass is 16.4. The van der Waals surface area contributed by atoms with Gasteiger partial charge in [-0.3, -0.25) is 14.2 Å². The van der Waals surface area contributed by atoms with E-state index in [4.69, 9.17) is 0 Å². The average molecular weight is 341 g/mol. The molecular formula is C20H23NO4. The molecular weight excluding hydrogens is 318 g/mol. The summed E-state index contributed by atoms with van der Waals surface area (Å²) < 4.78 is 1.37. The molecule has 2 aliphatic carbocycles. The second-order valence-electron chi connectivity index (χ2n) is 7.73. The topological polar surface area (TPSA) is 76.4 Å². The standard InChI is InChI=1S/C20H23NO4/c1-11-6-7-12-4-2-3-5-13(12)17(11)18(22)15-10-16-14(20(24)25)8-9-21(16)19(15)23/h6-9,11-13,15,17H,2-5,10H2,1H3,(H,24,25)/t11-,12?,13-,15+,17-/m0/s1. The predicted molar refractivity (Wildman–Crippen MR) is 91.5 cm³/mol. The molecule has 4 rings (SSSR count). The molecule has 0 saturated heterocycles. The van der Waals surface area contributed by atoms with Gasteiger partial charge in [-0.2, -0.15) is 0 Å². The van der Waals surface area contributed by atoms with Crippen LogP contribution in [0.2, 0.25) is 0 Å². The van der Waals surface area contributed by atoms with Crippen LogP contribution in [0.1, 0.15) is 53.5 Å². The van der Waals surface area contributed by atoms with E-state index in [1.165, 1.54) is 23.3 Å². The molecule has 0 amide bonds. The molecule has 1 unspecified atom stereocenters. The first-order chi connectivity index (χ1) is 12.0. The zero-order valence-electron chi connectivity index (χ0n) is 14.4. The van der Waals surface area contributed by atoms with Crippen LogP contribution in [-0.2, 0) is 11.2 Å². The minimum Gasteiger partial charge on any atom is -0.478 e. The van der Waals surface area contributed by atoms with Crippen LogP contribution in [0, 0.1) is 29.6 Å². The lowest BCUT2D eigenvalue weighted by molar-refractivity contribution is -0.129. The average Bonchev–Trinajstić information content (AvgIpc) is 3.15. The number of carboxylic acid groups (broad SMARTS) is 1. The second-order valence-corrected chi connectivity index (χ2v) is 7.73. The fourth-order valence-electron chi connectivity index (χ4n) is 5.15. The number of Topliss-reactive ketones (excluding diaryl/α,β-unsaturated/α-hetero) is 1. The van der Waals surface area contributed by atoms with Gasteiger partial charge in [-0.05, 0) is 36.7 Å². The molecule has 25 heavy (non-hydrogen) atoms. The van der Waals surface area contributed by atoms with Crippen molar-refractivity contribution in [2.75, 3.05) is 0 Å². The molecule has 2 heterocycles. The summed E-state index contributed by atoms with van der Waals surface area (Å²) in [7, 11) is 0. The van der Waals surface area contributed by atoms with Crippen molar-refractivity contribution in [3.8, 4) is 0 Å². The Morgan fingerprint density at radius 1 is 1.20 bits per heavy atom. The van der Waals surface area contributed by atoms with Crippen molar-refractivity contribution in [1.29, 1.82) is 0 Å². The van der Waals surface area contributed by atoms with Gasteiger partial charge in [0.25, 0.3) is 0 Å². The maximum atomic E-state index is 13.3. The van der Waals surface area contributed by atoms with Gasteiger partial charge >= 0.3 is 5.97 Å². The Morgan fingerprint density at radius 2 is 1.96 bits per heavy atom. The molecule has 1 saturated carbocycles. The Labute approximate surface area is 146 Å². The maximum Gasteiger partial charge on any atom is 0.337 e. The van der Waals surface area contributed by atoms with Crippen molar-refractivity contribution >= 4 is 17.7 Å². The van der Waals surface area contributed by atoms with Gasteiger partial charge in [0.1, 0.15) is 11.7 Å². The number of carboxylic acids is 1. The Morgan fingerprint density at radius 3 is 2.72 bits per heavy atom. The summed E-state index contributed by atoms with van der Waals surface area (Å²) in [6.07, 6.45) is 10.6. The van der Waals surface area contributed by atoms with E-state index in [0.717, 1.165) is 19.3 Å². The summed E-state index contributed by atoms with van der Waals surface area (Å²) in [5.74, 6) is -1.23. The molecule has 0 spiro atoms. The first-order valence-electron chi connectivity index (χ1n) is 9.19. The van der Waals surface area contributed by atoms with E-state index in [-0.39, 0.29) is 35.5 Å². The number of fused-ring (bicyclic) bond motifs is 2. The fourth-order valence-corrected chi connectivity index (χ4v) is 5.15. The van der Waals surface area contributed by atoms with Gasteiger partial charge in [0.15, 0.2) is 0 Å². The van der Waals surface area contributed by atoms with Crippen molar-refractivity contribution in [1.82, 2.24) is 4.57 Å². The number of nitrogens with zero attached hydrogens (tertiary/aromatic N) is 1. The van der Waals surface area contributed by atoms with Crippen LogP contribution >= 0.6 is 0 Å². The molecule has 1 N–H and O–H groups in total. The van der Waals surface area contributed by atoms with E-state index < -0.39 is 11.9 Å². The minimum atomic E-state index is -1.05. The number of carbonyl (C=O) groups is 3. The van der Waals surface area contributed by atoms with Crippen LogP contribution in [0.5, 0.6) is 0 Å². The Hall–Kier alpha value is -2.17. The molecule has 5 atom stereocenters. The van der Waals surface area contributed by atoms with Gasteiger partial charge in [-0.25, -0.2) is 4.79 Å². The number of ketones is 1. The zero-order chi connectivity index (χ0) is 17.7. The molecule has 132 valence electrons. The minimum absolute atomic E-state index is 0.0128. The number of carbonyl (C=O) groups excluding carboxylic acids is 2. The van der Waals surface area contributed by atoms with Gasteiger partial charge in [-0.1, -0.05) is 31.9 Å². The Bertz CT molecular complexity index is 775. The number of hydrogen-bond acceptors (Lipinski definition) is 3. The van der Waals surface area contributed by atoms with Crippen LogP contribution in [-0.4, -0.2) is 27.3 Å². The molecule has 0 radical (unpaired) electrons. The molecule has 1 aromatic heterocycles. The van der Waals surface area contributed by atoms with Crippen molar-refractivity contribution in [3.63, 3.8) is 0 Å². The van der Waals surface area contributed by atoms with Gasteiger partial charge in [0, 0.05) is 24.2 Å². The third kappa shape index (κ3) is 2.48. The molecule has 1 aromatic rings. The molecule has 0 aromatic carbocycles. The number of aromatic carboxylic acids is 1. The Balaban J connectivity index is 1.62. The van der Waals surface area contributed by atoms with Crippen molar-refractivity contribution in [3.05, 3.63) is 35.7 Å². The number of rotatable bonds is 3. The van der Waals surface area contributed by atoms with E-state index in [1.54, 1.807) is 0 Å². The van der Waals surface area contributed by atoms with E-state index in [2.05, 4.69) is 19.1 Å². The Kier molecular flexibility index (Phi) is 3.89. The number of allylic oxidation sites excluding steroid dienone is 2. The summed E-state index contributed by atoms with van der Waals surface area (Å²) in [6.45, 7) is 2.06. The monoisotopic (exact) mass is 341 g/mol. The van der Waals surface area contributed by atoms with E-state index in [1.807, 2.05) is 0 Å². The quantitative estimate of drug-likeness (QED) is 0.676. The second kappa shape index (κ2) is 5.97. The maximum absolute atomic E-state index is 13.3. The number of aromatic nitrogens is 1. The summed E-state index contributed by atoms with van der Waals surface area (Å²) in [5.41, 5.74) is 0.603. The lowest BCUT2D eigenvalue weighted by atomic mass is 9.62. The van der Waals surface area contributed by atoms with Gasteiger partial charge in [-0.15, -0.1) is 0 Å². The molecule has 1 aliphatic heterocycles. The summed E-state index contributed by atoms with van der Waals surface area (Å²) in [5, 5.41) is 9.28. The van der Waals surface area contributed by atoms with Gasteiger partial charge in [0.05, 0.1) is 5.56 Å². The zero-order valence-corrected chi connectivity index (χ0v) is 14.4. The molecule has 5 heteroatoms. The lowest BCUT2D eigenvalue weighted by Crippen LogP contribution is -2.42. The van der Waals surface area contributed by atoms with Crippen molar-refractivity contribution < 1.29 is 19.5 Å². The van der Waals surface area contributed by atoms with E-state index in [0.29, 0.717) is 17.5 Å². The highest BCUT2D eigenvalue weighted by Crippen LogP contribution is 2.45. The normalized spacial score (nSPS) is 33.8. The smallest absolute Gasteiger partial charge is 0.337 e. The van der Waals surface area contributed by atoms with E-state index in [9.17, 15) is 19.5 Å². The van der Waals surface area contributed by atoms with Crippen LogP contribution in [0.3, 0.4) is 0 Å². The van der Waals surface area contributed by atoms with Crippen LogP contribution in [0.15, 0.2) is 24.4 Å².